The van der Waals surface area contributed by atoms with E-state index in [-0.39, 0.29) is 69.8 Å². The van der Waals surface area contributed by atoms with Crippen LogP contribution in [0.15, 0.2) is 66.7 Å². The lowest BCUT2D eigenvalue weighted by molar-refractivity contribution is -0.139. The molecule has 4 amide bonds. The number of benzene rings is 3. The third kappa shape index (κ3) is 10.0. The molecule has 0 aliphatic carbocycles. The maximum atomic E-state index is 14.0. The van der Waals surface area contributed by atoms with Crippen molar-refractivity contribution in [1.29, 1.82) is 0 Å². The Kier molecular flexibility index (Phi) is 13.4. The molecule has 3 atom stereocenters. The molecule has 5 N–H and O–H groups in total. The van der Waals surface area contributed by atoms with Crippen molar-refractivity contribution >= 4 is 79.8 Å². The zero-order valence-electron chi connectivity index (χ0n) is 36.8. The molecule has 16 nitrogen and oxygen atoms in total. The number of nitrogens with one attached hydrogen (secondary N) is 3. The molecule has 8 rings (SSSR count). The van der Waals surface area contributed by atoms with Crippen molar-refractivity contribution in [2.75, 3.05) is 41.8 Å². The number of aliphatic carboxylic acids is 1. The van der Waals surface area contributed by atoms with Gasteiger partial charge in [-0.25, -0.2) is 22.8 Å². The van der Waals surface area contributed by atoms with E-state index in [4.69, 9.17) is 21.4 Å². The maximum Gasteiger partial charge on any atom is 0.349 e. The van der Waals surface area contributed by atoms with Crippen molar-refractivity contribution in [1.82, 2.24) is 14.5 Å². The fraction of sp³-hybridized carbons (Fsp3) is 0.426. The summed E-state index contributed by atoms with van der Waals surface area (Å²) in [6, 6.07) is 20.1. The number of likely N-dealkylation sites (tertiary alicyclic amines) is 1. The van der Waals surface area contributed by atoms with Crippen LogP contribution in [0.3, 0.4) is 0 Å². The van der Waals surface area contributed by atoms with E-state index in [0.717, 1.165) is 42.0 Å². The fourth-order valence-corrected chi connectivity index (χ4v) is 13.4. The molecule has 350 valence electrons. The molecule has 2 unspecified atom stereocenters. The SMILES string of the molecule is CC1Cc2cc(C3CCN(C(=O)Nc4cccc(CS(=O)(=O)N5CC[C@H](Nc6cccc(-c7sc(C(=O)O)c(OCC(=O)O)c7Cl)c6)CC5(C)C)c4)CC3)ccc2N1C1CCC(=O)NC1=O. The Labute approximate surface area is 392 Å². The number of carboxylic acid groups (broad SMARTS) is 2. The number of thiophene rings is 1. The Morgan fingerprint density at radius 1 is 0.955 bits per heavy atom. The highest BCUT2D eigenvalue weighted by Crippen LogP contribution is 2.46. The highest BCUT2D eigenvalue weighted by Gasteiger charge is 2.42. The zero-order valence-corrected chi connectivity index (χ0v) is 39.2. The van der Waals surface area contributed by atoms with Gasteiger partial charge in [0.2, 0.25) is 21.8 Å². The lowest BCUT2D eigenvalue weighted by Crippen LogP contribution is -2.55. The maximum absolute atomic E-state index is 14.0. The Morgan fingerprint density at radius 2 is 1.70 bits per heavy atom. The normalized spacial score (nSPS) is 21.2. The molecule has 3 aromatic carbocycles. The summed E-state index contributed by atoms with van der Waals surface area (Å²) < 4.78 is 34.8. The number of carbonyl (C=O) groups is 5. The first-order chi connectivity index (χ1) is 31.4. The molecule has 0 saturated carbocycles. The number of amides is 4. The molecule has 3 fully saturated rings. The van der Waals surface area contributed by atoms with Crippen LogP contribution in [0.5, 0.6) is 5.75 Å². The van der Waals surface area contributed by atoms with Crippen LogP contribution in [0.1, 0.15) is 91.6 Å². The van der Waals surface area contributed by atoms with Gasteiger partial charge < -0.3 is 35.4 Å². The molecular formula is C47H53ClN6O10S2. The third-order valence-electron chi connectivity index (χ3n) is 13.0. The second kappa shape index (κ2) is 18.9. The number of carbonyl (C=O) groups excluding carboxylic acids is 3. The number of fused-ring (bicyclic) bond motifs is 1. The van der Waals surface area contributed by atoms with E-state index in [1.807, 2.05) is 26.0 Å². The van der Waals surface area contributed by atoms with Crippen LogP contribution in [-0.2, 0) is 36.6 Å². The van der Waals surface area contributed by atoms with Gasteiger partial charge in [-0.1, -0.05) is 48.0 Å². The van der Waals surface area contributed by atoms with Gasteiger partial charge in [-0.2, -0.15) is 4.31 Å². The molecule has 3 saturated heterocycles. The number of urea groups is 1. The molecule has 66 heavy (non-hydrogen) atoms. The van der Waals surface area contributed by atoms with E-state index in [1.54, 1.807) is 45.6 Å². The fourth-order valence-electron chi connectivity index (χ4n) is 9.99. The van der Waals surface area contributed by atoms with E-state index in [2.05, 4.69) is 46.0 Å². The summed E-state index contributed by atoms with van der Waals surface area (Å²) in [6.07, 6.45) is 4.26. The lowest BCUT2D eigenvalue weighted by atomic mass is 9.88. The number of carboxylic acids is 2. The summed E-state index contributed by atoms with van der Waals surface area (Å²) in [5, 5.41) is 27.8. The Hall–Kier alpha value is -5.69. The number of hydrogen-bond donors (Lipinski definition) is 5. The van der Waals surface area contributed by atoms with Gasteiger partial charge in [-0.05, 0) is 118 Å². The van der Waals surface area contributed by atoms with Crippen molar-refractivity contribution in [3.63, 3.8) is 0 Å². The van der Waals surface area contributed by atoms with Gasteiger partial charge in [-0.15, -0.1) is 11.3 Å². The van der Waals surface area contributed by atoms with E-state index in [1.165, 1.54) is 11.1 Å². The molecule has 0 radical (unpaired) electrons. The van der Waals surface area contributed by atoms with Gasteiger partial charge in [-0.3, -0.25) is 14.9 Å². The summed E-state index contributed by atoms with van der Waals surface area (Å²) >= 11 is 7.41. The summed E-state index contributed by atoms with van der Waals surface area (Å²) in [7, 11) is -3.79. The van der Waals surface area contributed by atoms with Crippen molar-refractivity contribution in [2.24, 2.45) is 0 Å². The predicted octanol–water partition coefficient (Wildman–Crippen LogP) is 7.38. The zero-order chi connectivity index (χ0) is 47.1. The average Bonchev–Trinajstić information content (AvgIpc) is 3.77. The minimum Gasteiger partial charge on any atom is -0.479 e. The van der Waals surface area contributed by atoms with E-state index >= 15 is 0 Å². The third-order valence-corrected chi connectivity index (χ3v) is 16.7. The number of aromatic carboxylic acids is 1. The van der Waals surface area contributed by atoms with Gasteiger partial charge in [0.25, 0.3) is 0 Å². The molecule has 4 aliphatic heterocycles. The number of imide groups is 1. The second-order valence-corrected chi connectivity index (χ2v) is 21.4. The number of halogens is 1. The standard InChI is InChI=1S/C47H53ClN6O10S2/c1-27-20-32-22-30(10-11-36(32)54(27)37-12-13-38(55)51-44(37)58)29-14-17-52(18-15-29)46(61)50-33-8-4-6-28(21-33)26-66(62,63)53-19-16-35(24-47(53,2)3)49-34-9-5-7-31(23-34)42-40(48)41(64-25-39(56)57)43(65-42)45(59)60/h4-11,21-23,27,29,35,37,49H,12-20,24-26H2,1-3H3,(H,50,61)(H,56,57)(H,59,60)(H,51,55,58)/t27?,35-,37?/m0/s1. The number of rotatable bonds is 13. The average molecular weight is 962 g/mol. The highest BCUT2D eigenvalue weighted by atomic mass is 35.5. The number of sulfonamides is 1. The largest absolute Gasteiger partial charge is 0.479 e. The number of ether oxygens (including phenoxy) is 1. The van der Waals surface area contributed by atoms with Gasteiger partial charge in [0.15, 0.2) is 17.2 Å². The summed E-state index contributed by atoms with van der Waals surface area (Å²) in [4.78, 5) is 65.1. The van der Waals surface area contributed by atoms with Crippen LogP contribution < -0.4 is 25.6 Å². The molecule has 0 spiro atoms. The Bertz CT molecular complexity index is 2680. The number of hydrogen-bond acceptors (Lipinski definition) is 11. The van der Waals surface area contributed by atoms with E-state index in [9.17, 15) is 37.5 Å². The Balaban J connectivity index is 0.843. The molecule has 1 aromatic heterocycles. The monoisotopic (exact) mass is 960 g/mol. The first kappa shape index (κ1) is 46.8. The lowest BCUT2D eigenvalue weighted by Gasteiger charge is -2.45. The highest BCUT2D eigenvalue weighted by molar-refractivity contribution is 7.88. The van der Waals surface area contributed by atoms with Gasteiger partial charge >= 0.3 is 18.0 Å². The van der Waals surface area contributed by atoms with Crippen molar-refractivity contribution < 1.29 is 47.3 Å². The predicted molar refractivity (Wildman–Crippen MR) is 252 cm³/mol. The molecule has 5 heterocycles. The molecule has 4 aliphatic rings. The van der Waals surface area contributed by atoms with Gasteiger partial charge in [0.1, 0.15) is 11.1 Å². The van der Waals surface area contributed by atoms with Crippen molar-refractivity contribution in [2.45, 2.75) is 101 Å². The molecule has 0 bridgehead atoms. The van der Waals surface area contributed by atoms with Crippen molar-refractivity contribution in [3.05, 3.63) is 93.3 Å². The first-order valence-electron chi connectivity index (χ1n) is 22.0. The quantitative estimate of drug-likeness (QED) is 0.0831. The molecular weight excluding hydrogens is 908 g/mol. The first-order valence-corrected chi connectivity index (χ1v) is 24.8. The van der Waals surface area contributed by atoms with Gasteiger partial charge in [0.05, 0.1) is 10.6 Å². The van der Waals surface area contributed by atoms with Crippen LogP contribution in [-0.4, -0.2) is 108 Å². The van der Waals surface area contributed by atoms with Crippen LogP contribution >= 0.6 is 22.9 Å². The van der Waals surface area contributed by atoms with Crippen molar-refractivity contribution in [3.8, 4) is 16.2 Å². The molecule has 4 aromatic rings. The van der Waals surface area contributed by atoms with E-state index < -0.39 is 34.1 Å². The van der Waals surface area contributed by atoms with Crippen LogP contribution in [0, 0.1) is 0 Å². The summed E-state index contributed by atoms with van der Waals surface area (Å²) in [5.74, 6) is -3.18. The van der Waals surface area contributed by atoms with Crippen LogP contribution in [0.25, 0.3) is 10.4 Å². The summed E-state index contributed by atoms with van der Waals surface area (Å²) in [6.45, 7) is 6.56. The number of anilines is 3. The van der Waals surface area contributed by atoms with E-state index in [0.29, 0.717) is 60.5 Å². The number of piperidine rings is 3. The number of nitrogens with zero attached hydrogens (tertiary/aromatic N) is 3. The second-order valence-electron chi connectivity index (χ2n) is 18.2. The van der Waals surface area contributed by atoms with Gasteiger partial charge in [0, 0.05) is 60.7 Å². The topological polar surface area (TPSA) is 215 Å². The van der Waals surface area contributed by atoms with Crippen LogP contribution in [0.4, 0.5) is 21.9 Å². The van der Waals surface area contributed by atoms with Crippen LogP contribution in [0.2, 0.25) is 5.02 Å². The summed E-state index contributed by atoms with van der Waals surface area (Å²) in [5.41, 5.74) is 5.10. The molecule has 19 heteroatoms. The minimum atomic E-state index is -3.79. The minimum absolute atomic E-state index is 0.00519. The smallest absolute Gasteiger partial charge is 0.349 e. The Morgan fingerprint density at radius 3 is 2.41 bits per heavy atom.